The van der Waals surface area contributed by atoms with Crippen LogP contribution < -0.4 is 10.6 Å². The van der Waals surface area contributed by atoms with E-state index in [1.165, 1.54) is 57.4 Å². The summed E-state index contributed by atoms with van der Waals surface area (Å²) in [5.74, 6) is -0.00445. The summed E-state index contributed by atoms with van der Waals surface area (Å²) >= 11 is 0. The summed E-state index contributed by atoms with van der Waals surface area (Å²) in [6, 6.07) is 6.40. The van der Waals surface area contributed by atoms with Gasteiger partial charge in [-0.25, -0.2) is 0 Å². The summed E-state index contributed by atoms with van der Waals surface area (Å²) in [6.07, 6.45) is 7.00. The van der Waals surface area contributed by atoms with Crippen LogP contribution in [0.15, 0.2) is 18.2 Å². The molecule has 0 radical (unpaired) electrons. The molecule has 0 aromatic heterocycles. The molecular formula is C25H32N4O3. The van der Waals surface area contributed by atoms with Gasteiger partial charge < -0.3 is 10.2 Å². The minimum atomic E-state index is -0.543. The van der Waals surface area contributed by atoms with E-state index in [0.29, 0.717) is 42.3 Å². The third kappa shape index (κ3) is 3.37. The molecule has 1 aromatic carbocycles. The first-order valence-corrected chi connectivity index (χ1v) is 12.2. The number of imide groups is 1. The monoisotopic (exact) mass is 436 g/mol. The Morgan fingerprint density at radius 1 is 1.03 bits per heavy atom. The maximum Gasteiger partial charge on any atom is 0.255 e. The van der Waals surface area contributed by atoms with Crippen molar-refractivity contribution in [3.8, 4) is 0 Å². The lowest BCUT2D eigenvalue weighted by Gasteiger charge is -2.60. The molecule has 0 bridgehead atoms. The number of piperidine rings is 1. The van der Waals surface area contributed by atoms with Gasteiger partial charge in [-0.3, -0.25) is 24.6 Å². The lowest BCUT2D eigenvalue weighted by molar-refractivity contribution is -0.136. The van der Waals surface area contributed by atoms with E-state index in [-0.39, 0.29) is 17.7 Å². The van der Waals surface area contributed by atoms with Gasteiger partial charge in [-0.1, -0.05) is 25.0 Å². The van der Waals surface area contributed by atoms with Gasteiger partial charge >= 0.3 is 0 Å². The third-order valence-electron chi connectivity index (χ3n) is 8.50. The summed E-state index contributed by atoms with van der Waals surface area (Å²) in [4.78, 5) is 41.1. The highest BCUT2D eigenvalue weighted by molar-refractivity contribution is 6.05. The quantitative estimate of drug-likeness (QED) is 0.699. The lowest BCUT2D eigenvalue weighted by atomic mass is 9.70. The predicted octanol–water partition coefficient (Wildman–Crippen LogP) is 1.45. The molecular weight excluding hydrogens is 404 g/mol. The van der Waals surface area contributed by atoms with Gasteiger partial charge in [0.25, 0.3) is 5.91 Å². The molecule has 4 fully saturated rings. The van der Waals surface area contributed by atoms with E-state index in [9.17, 15) is 14.4 Å². The normalized spacial score (nSPS) is 31.8. The minimum absolute atomic E-state index is 0.0865. The Hall–Kier alpha value is -2.25. The number of hydrogen-bond acceptors (Lipinski definition) is 5. The molecule has 1 unspecified atom stereocenters. The fourth-order valence-electron chi connectivity index (χ4n) is 6.72. The molecule has 6 rings (SSSR count). The number of nitrogens with zero attached hydrogens (tertiary/aromatic N) is 2. The average Bonchev–Trinajstić information content (AvgIpc) is 3.03. The Morgan fingerprint density at radius 3 is 2.59 bits per heavy atom. The predicted molar refractivity (Wildman–Crippen MR) is 119 cm³/mol. The van der Waals surface area contributed by atoms with Crippen molar-refractivity contribution in [3.05, 3.63) is 34.9 Å². The Labute approximate surface area is 188 Å². The van der Waals surface area contributed by atoms with Gasteiger partial charge in [0, 0.05) is 56.2 Å². The van der Waals surface area contributed by atoms with Crippen molar-refractivity contribution in [2.75, 3.05) is 26.2 Å². The number of fused-ring (bicyclic) bond motifs is 1. The van der Waals surface area contributed by atoms with Crippen LogP contribution in [0.4, 0.5) is 0 Å². The number of benzene rings is 1. The highest BCUT2D eigenvalue weighted by atomic mass is 16.2. The number of nitrogens with one attached hydrogen (secondary N) is 2. The van der Waals surface area contributed by atoms with E-state index < -0.39 is 6.04 Å². The molecule has 3 amide bonds. The van der Waals surface area contributed by atoms with E-state index in [4.69, 9.17) is 0 Å². The van der Waals surface area contributed by atoms with Gasteiger partial charge in [-0.05, 0) is 48.8 Å². The standard InChI is InChI=1S/C25H32N4O3/c30-22-8-7-21(23(31)27-22)29-11-18-10-16(5-6-19(18)24(29)32)9-17-3-1-2-4-20(17)28-14-25(15-28)12-26-13-25/h5-6,10,17,20-21,26H,1-4,7-9,11-15H2,(H,27,30,31)/t17-,20+,21?/m1/s1. The second-order valence-electron chi connectivity index (χ2n) is 10.7. The molecule has 2 N–H and O–H groups in total. The fraction of sp³-hybridized carbons (Fsp3) is 0.640. The number of likely N-dealkylation sites (tertiary alicyclic amines) is 1. The van der Waals surface area contributed by atoms with E-state index in [0.717, 1.165) is 12.0 Å². The van der Waals surface area contributed by atoms with Crippen LogP contribution in [-0.2, 0) is 22.6 Å². The van der Waals surface area contributed by atoms with Crippen molar-refractivity contribution < 1.29 is 14.4 Å². The van der Waals surface area contributed by atoms with Crippen LogP contribution >= 0.6 is 0 Å². The van der Waals surface area contributed by atoms with Crippen molar-refractivity contribution in [2.45, 2.75) is 63.6 Å². The van der Waals surface area contributed by atoms with Crippen LogP contribution in [0.25, 0.3) is 0 Å². The summed E-state index contributed by atoms with van der Waals surface area (Å²) in [5, 5.41) is 5.82. The molecule has 1 spiro atoms. The third-order valence-corrected chi connectivity index (χ3v) is 8.50. The average molecular weight is 437 g/mol. The molecule has 3 atom stereocenters. The van der Waals surface area contributed by atoms with E-state index >= 15 is 0 Å². The Balaban J connectivity index is 1.14. The zero-order valence-corrected chi connectivity index (χ0v) is 18.6. The Morgan fingerprint density at radius 2 is 1.84 bits per heavy atom. The molecule has 5 aliphatic rings. The summed E-state index contributed by atoms with van der Waals surface area (Å²) in [7, 11) is 0. The SMILES string of the molecule is O=C1CCC(N2Cc3cc(C[C@H]4CCCC[C@@H]4N4CC5(CNC5)C4)ccc3C2=O)C(=O)N1. The molecule has 1 aromatic rings. The van der Waals surface area contributed by atoms with Crippen LogP contribution in [0.2, 0.25) is 0 Å². The molecule has 3 saturated heterocycles. The van der Waals surface area contributed by atoms with Crippen molar-refractivity contribution >= 4 is 17.7 Å². The first-order chi connectivity index (χ1) is 15.5. The van der Waals surface area contributed by atoms with E-state index in [1.807, 2.05) is 6.07 Å². The number of carbonyl (C=O) groups is 3. The first kappa shape index (κ1) is 20.4. The Kier molecular flexibility index (Phi) is 4.88. The fourth-order valence-corrected chi connectivity index (χ4v) is 6.72. The second-order valence-corrected chi connectivity index (χ2v) is 10.7. The van der Waals surface area contributed by atoms with E-state index in [2.05, 4.69) is 27.7 Å². The highest BCUT2D eigenvalue weighted by Crippen LogP contribution is 2.41. The topological polar surface area (TPSA) is 81.8 Å². The largest absolute Gasteiger partial charge is 0.322 e. The molecule has 4 aliphatic heterocycles. The van der Waals surface area contributed by atoms with Crippen molar-refractivity contribution in [1.82, 2.24) is 20.4 Å². The highest BCUT2D eigenvalue weighted by Gasteiger charge is 2.50. The maximum atomic E-state index is 13.0. The van der Waals surface area contributed by atoms with Gasteiger partial charge in [-0.15, -0.1) is 0 Å². The number of amides is 3. The lowest BCUT2D eigenvalue weighted by Crippen LogP contribution is -2.73. The summed E-state index contributed by atoms with van der Waals surface area (Å²) in [5.41, 5.74) is 3.60. The van der Waals surface area contributed by atoms with Crippen molar-refractivity contribution in [3.63, 3.8) is 0 Å². The molecule has 7 nitrogen and oxygen atoms in total. The van der Waals surface area contributed by atoms with Gasteiger partial charge in [0.2, 0.25) is 11.8 Å². The van der Waals surface area contributed by atoms with Gasteiger partial charge in [0.1, 0.15) is 6.04 Å². The van der Waals surface area contributed by atoms with Crippen LogP contribution in [0.5, 0.6) is 0 Å². The van der Waals surface area contributed by atoms with Gasteiger partial charge in [-0.2, -0.15) is 0 Å². The summed E-state index contributed by atoms with van der Waals surface area (Å²) < 4.78 is 0. The van der Waals surface area contributed by atoms with Gasteiger partial charge in [0.15, 0.2) is 0 Å². The number of carbonyl (C=O) groups excluding carboxylic acids is 3. The Bertz CT molecular complexity index is 964. The molecule has 1 saturated carbocycles. The first-order valence-electron chi connectivity index (χ1n) is 12.2. The van der Waals surface area contributed by atoms with Crippen molar-refractivity contribution in [2.24, 2.45) is 11.3 Å². The number of rotatable bonds is 4. The molecule has 170 valence electrons. The second kappa shape index (κ2) is 7.66. The molecule has 32 heavy (non-hydrogen) atoms. The van der Waals surface area contributed by atoms with Crippen molar-refractivity contribution in [1.29, 1.82) is 0 Å². The van der Waals surface area contributed by atoms with Crippen LogP contribution in [-0.4, -0.2) is 65.8 Å². The van der Waals surface area contributed by atoms with Crippen LogP contribution in [0, 0.1) is 11.3 Å². The summed E-state index contributed by atoms with van der Waals surface area (Å²) in [6.45, 7) is 5.33. The van der Waals surface area contributed by atoms with Crippen LogP contribution in [0.3, 0.4) is 0 Å². The molecule has 1 aliphatic carbocycles. The molecule has 7 heteroatoms. The maximum absolute atomic E-state index is 13.0. The van der Waals surface area contributed by atoms with E-state index in [1.54, 1.807) is 4.90 Å². The van der Waals surface area contributed by atoms with Gasteiger partial charge in [0.05, 0.1) is 0 Å². The van der Waals surface area contributed by atoms with Crippen LogP contribution in [0.1, 0.15) is 60.0 Å². The zero-order chi connectivity index (χ0) is 21.9. The molecule has 4 heterocycles. The minimum Gasteiger partial charge on any atom is -0.322 e. The smallest absolute Gasteiger partial charge is 0.255 e. The zero-order valence-electron chi connectivity index (χ0n) is 18.6. The number of hydrogen-bond donors (Lipinski definition) is 2.